The van der Waals surface area contributed by atoms with E-state index in [1.807, 2.05) is 0 Å². The van der Waals surface area contributed by atoms with Crippen LogP contribution in [0.15, 0.2) is 33.9 Å². The number of carbonyl (C=O) groups excluding carboxylic acids is 3. The number of hydrogen-bond acceptors (Lipinski definition) is 9. The second-order valence-corrected chi connectivity index (χ2v) is 7.21. The summed E-state index contributed by atoms with van der Waals surface area (Å²) in [5.74, 6) is -1.52. The first kappa shape index (κ1) is 26.6. The molecule has 2 rings (SSSR count). The summed E-state index contributed by atoms with van der Waals surface area (Å²) in [6.45, 7) is 4.04. The van der Waals surface area contributed by atoms with Crippen LogP contribution in [0.5, 0.6) is 5.75 Å². The Balaban J connectivity index is 2.45. The van der Waals surface area contributed by atoms with E-state index < -0.39 is 22.8 Å². The molecule has 0 saturated carbocycles. The highest BCUT2D eigenvalue weighted by Gasteiger charge is 2.17. The SMILES string of the molecule is CCOC(=O)CCCOc1cc2c(=O)cc(C(=O)OCC)n(CCCC(=O)OC)c2ccc1=O. The maximum absolute atomic E-state index is 12.9. The number of carbonyl (C=O) groups is 3. The number of rotatable bonds is 12. The molecule has 0 atom stereocenters. The van der Waals surface area contributed by atoms with Gasteiger partial charge in [0.1, 0.15) is 5.69 Å². The molecule has 0 spiro atoms. The van der Waals surface area contributed by atoms with Gasteiger partial charge >= 0.3 is 17.9 Å². The van der Waals surface area contributed by atoms with Gasteiger partial charge in [0.25, 0.3) is 0 Å². The molecule has 34 heavy (non-hydrogen) atoms. The van der Waals surface area contributed by atoms with Crippen LogP contribution in [0.1, 0.15) is 50.0 Å². The van der Waals surface area contributed by atoms with Gasteiger partial charge in [0, 0.05) is 30.8 Å². The molecule has 0 bridgehead atoms. The van der Waals surface area contributed by atoms with E-state index in [0.717, 1.165) is 6.07 Å². The lowest BCUT2D eigenvalue weighted by Crippen LogP contribution is -2.20. The zero-order chi connectivity index (χ0) is 25.1. The average molecular weight is 475 g/mol. The van der Waals surface area contributed by atoms with Crippen LogP contribution in [-0.4, -0.2) is 49.4 Å². The standard InChI is InChI=1S/C24H29NO9/c1-4-32-23(29)9-7-13-34-21-14-16-17(10-11-19(21)26)25(12-6-8-22(28)31-3)18(15-20(16)27)24(30)33-5-2/h10-11,14-15H,4-9,12-13H2,1-3H3. The number of nitrogens with zero attached hydrogens (tertiary/aromatic N) is 1. The second kappa shape index (κ2) is 13.1. The summed E-state index contributed by atoms with van der Waals surface area (Å²) in [6.07, 6.45) is 0.904. The van der Waals surface area contributed by atoms with Crippen LogP contribution in [0, 0.1) is 0 Å². The first-order valence-electron chi connectivity index (χ1n) is 11.1. The first-order valence-corrected chi connectivity index (χ1v) is 11.1. The monoisotopic (exact) mass is 475 g/mol. The van der Waals surface area contributed by atoms with Crippen molar-refractivity contribution in [3.63, 3.8) is 0 Å². The van der Waals surface area contributed by atoms with Crippen molar-refractivity contribution in [2.24, 2.45) is 0 Å². The number of hydrogen-bond donors (Lipinski definition) is 0. The minimum atomic E-state index is -0.691. The van der Waals surface area contributed by atoms with Crippen molar-refractivity contribution in [2.45, 2.75) is 46.1 Å². The van der Waals surface area contributed by atoms with Gasteiger partial charge in [-0.05, 0) is 44.9 Å². The number of aromatic nitrogens is 1. The van der Waals surface area contributed by atoms with Gasteiger partial charge < -0.3 is 23.5 Å². The lowest BCUT2D eigenvalue weighted by molar-refractivity contribution is -0.143. The zero-order valence-corrected chi connectivity index (χ0v) is 19.6. The molecular weight excluding hydrogens is 446 g/mol. The van der Waals surface area contributed by atoms with Gasteiger partial charge in [-0.1, -0.05) is 0 Å². The van der Waals surface area contributed by atoms with Gasteiger partial charge in [0.2, 0.25) is 5.43 Å². The van der Waals surface area contributed by atoms with Crippen molar-refractivity contribution in [1.29, 1.82) is 0 Å². The van der Waals surface area contributed by atoms with Crippen LogP contribution in [0.3, 0.4) is 0 Å². The minimum Gasteiger partial charge on any atom is -0.489 e. The van der Waals surface area contributed by atoms with Crippen LogP contribution in [0.25, 0.3) is 10.9 Å². The molecule has 0 N–H and O–H groups in total. The normalized spacial score (nSPS) is 10.6. The molecule has 10 nitrogen and oxygen atoms in total. The van der Waals surface area contributed by atoms with Gasteiger partial charge in [-0.2, -0.15) is 0 Å². The van der Waals surface area contributed by atoms with Gasteiger partial charge in [-0.15, -0.1) is 0 Å². The number of aryl methyl sites for hydroxylation is 1. The Morgan fingerprint density at radius 1 is 0.882 bits per heavy atom. The van der Waals surface area contributed by atoms with Crippen LogP contribution in [0.2, 0.25) is 0 Å². The van der Waals surface area contributed by atoms with Crippen molar-refractivity contribution >= 4 is 28.8 Å². The maximum Gasteiger partial charge on any atom is 0.355 e. The van der Waals surface area contributed by atoms with Gasteiger partial charge in [-0.3, -0.25) is 19.2 Å². The molecule has 0 unspecified atom stereocenters. The molecule has 0 amide bonds. The van der Waals surface area contributed by atoms with Gasteiger partial charge in [0.05, 0.1) is 32.4 Å². The third kappa shape index (κ3) is 7.16. The summed E-state index contributed by atoms with van der Waals surface area (Å²) >= 11 is 0. The lowest BCUT2D eigenvalue weighted by atomic mass is 10.2. The molecule has 0 aliphatic heterocycles. The highest BCUT2D eigenvalue weighted by molar-refractivity contribution is 5.92. The van der Waals surface area contributed by atoms with Gasteiger partial charge in [-0.25, -0.2) is 4.79 Å². The van der Waals surface area contributed by atoms with E-state index in [1.54, 1.807) is 18.4 Å². The number of esters is 3. The summed E-state index contributed by atoms with van der Waals surface area (Å²) in [5, 5.41) is 0.161. The highest BCUT2D eigenvalue weighted by atomic mass is 16.5. The fourth-order valence-corrected chi connectivity index (χ4v) is 3.29. The van der Waals surface area contributed by atoms with E-state index >= 15 is 0 Å². The number of ether oxygens (including phenoxy) is 4. The topological polar surface area (TPSA) is 127 Å². The van der Waals surface area contributed by atoms with Crippen molar-refractivity contribution in [1.82, 2.24) is 4.57 Å². The Morgan fingerprint density at radius 3 is 2.26 bits per heavy atom. The Morgan fingerprint density at radius 2 is 1.59 bits per heavy atom. The molecule has 0 aliphatic rings. The van der Waals surface area contributed by atoms with E-state index in [0.29, 0.717) is 18.4 Å². The predicted molar refractivity (Wildman–Crippen MR) is 123 cm³/mol. The van der Waals surface area contributed by atoms with E-state index in [4.69, 9.17) is 14.2 Å². The van der Waals surface area contributed by atoms with Crippen LogP contribution < -0.4 is 15.6 Å². The molecule has 0 saturated heterocycles. The van der Waals surface area contributed by atoms with E-state index in [2.05, 4.69) is 4.74 Å². The van der Waals surface area contributed by atoms with Gasteiger partial charge in [0.15, 0.2) is 11.2 Å². The summed E-state index contributed by atoms with van der Waals surface area (Å²) in [7, 11) is 1.28. The molecule has 1 heterocycles. The zero-order valence-electron chi connectivity index (χ0n) is 19.6. The third-order valence-corrected chi connectivity index (χ3v) is 4.86. The molecular formula is C24H29NO9. The Hall–Kier alpha value is -3.69. The number of fused-ring (bicyclic) bond motifs is 1. The van der Waals surface area contributed by atoms with Crippen molar-refractivity contribution < 1.29 is 33.3 Å². The molecule has 0 radical (unpaired) electrons. The van der Waals surface area contributed by atoms with E-state index in [-0.39, 0.29) is 62.0 Å². The van der Waals surface area contributed by atoms with Crippen LogP contribution in [0.4, 0.5) is 0 Å². The minimum absolute atomic E-state index is 0.0137. The van der Waals surface area contributed by atoms with E-state index in [9.17, 15) is 24.0 Å². The van der Waals surface area contributed by atoms with Crippen LogP contribution in [-0.2, 0) is 30.3 Å². The summed E-state index contributed by atoms with van der Waals surface area (Å²) in [5.41, 5.74) is -0.626. The molecule has 0 aliphatic carbocycles. The van der Waals surface area contributed by atoms with E-state index in [1.165, 1.54) is 25.3 Å². The molecule has 0 fully saturated rings. The molecule has 1 aromatic carbocycles. The Labute approximate surface area is 196 Å². The fraction of sp³-hybridized carbons (Fsp3) is 0.458. The summed E-state index contributed by atoms with van der Waals surface area (Å²) < 4.78 is 21.7. The number of methoxy groups -OCH3 is 1. The van der Waals surface area contributed by atoms with Crippen LogP contribution >= 0.6 is 0 Å². The summed E-state index contributed by atoms with van der Waals surface area (Å²) in [6, 6.07) is 5.16. The molecule has 2 aromatic rings. The quantitative estimate of drug-likeness (QED) is 0.258. The molecule has 184 valence electrons. The van der Waals surface area contributed by atoms with Crippen molar-refractivity contribution in [2.75, 3.05) is 26.9 Å². The Kier molecular flexibility index (Phi) is 10.3. The smallest absolute Gasteiger partial charge is 0.355 e. The fourth-order valence-electron chi connectivity index (χ4n) is 3.29. The summed E-state index contributed by atoms with van der Waals surface area (Å²) in [4.78, 5) is 60.9. The Bertz CT molecular complexity index is 1150. The maximum atomic E-state index is 12.9. The number of pyridine rings is 1. The first-order chi connectivity index (χ1) is 16.3. The second-order valence-electron chi connectivity index (χ2n) is 7.21. The highest BCUT2D eigenvalue weighted by Crippen LogP contribution is 2.17. The largest absolute Gasteiger partial charge is 0.489 e. The van der Waals surface area contributed by atoms with Crippen molar-refractivity contribution in [3.8, 4) is 5.75 Å². The molecule has 10 heteroatoms. The average Bonchev–Trinajstić information content (AvgIpc) is 2.97. The third-order valence-electron chi connectivity index (χ3n) is 4.86. The van der Waals surface area contributed by atoms with Crippen molar-refractivity contribution in [3.05, 3.63) is 50.4 Å². The lowest BCUT2D eigenvalue weighted by Gasteiger charge is -2.15. The predicted octanol–water partition coefficient (Wildman–Crippen LogP) is 2.21. The molecule has 1 aromatic heterocycles.